The predicted octanol–water partition coefficient (Wildman–Crippen LogP) is 3.72. The van der Waals surface area contributed by atoms with Crippen LogP contribution in [0.25, 0.3) is 11.3 Å². The number of amides is 1. The van der Waals surface area contributed by atoms with Crippen LogP contribution in [0.1, 0.15) is 22.9 Å². The van der Waals surface area contributed by atoms with Crippen molar-refractivity contribution in [3.63, 3.8) is 0 Å². The molecular weight excluding hydrogens is 504 g/mol. The highest BCUT2D eigenvalue weighted by molar-refractivity contribution is 6.32. The maximum atomic E-state index is 13.7. The third-order valence-electron chi connectivity index (χ3n) is 6.44. The van der Waals surface area contributed by atoms with Crippen LogP contribution in [0.15, 0.2) is 77.6 Å². The fraction of sp³-hybridized carbons (Fsp3) is 0.214. The highest BCUT2D eigenvalue weighted by Crippen LogP contribution is 2.32. The number of hydrogen-bond acceptors (Lipinski definition) is 7. The van der Waals surface area contributed by atoms with Crippen LogP contribution < -0.4 is 21.9 Å². The standard InChI is InChI=1S/C28H27ClN6O3/c1-17-20(12-13-22(30)32-17)14-31-23(36)15-35-24(18-8-4-2-5-9-18)26(29)34-27(28(35)37)33-21-16-38-25(21)19-10-6-3-7-11-19/h2-13,21,25H,14-16H2,1H3,(H2,30,32)(H,31,36)(H,33,34). The molecule has 9 nitrogen and oxygen atoms in total. The summed E-state index contributed by atoms with van der Waals surface area (Å²) < 4.78 is 7.10. The third kappa shape index (κ3) is 5.39. The predicted molar refractivity (Wildman–Crippen MR) is 147 cm³/mol. The number of rotatable bonds is 8. The summed E-state index contributed by atoms with van der Waals surface area (Å²) in [5, 5.41) is 6.17. The molecule has 2 aromatic heterocycles. The van der Waals surface area contributed by atoms with E-state index in [4.69, 9.17) is 22.1 Å². The number of aryl methyl sites for hydroxylation is 1. The first-order valence-electron chi connectivity index (χ1n) is 12.2. The first-order valence-corrected chi connectivity index (χ1v) is 12.6. The molecule has 194 valence electrons. The van der Waals surface area contributed by atoms with Gasteiger partial charge in [-0.2, -0.15) is 0 Å². The number of nitrogens with two attached hydrogens (primary N) is 1. The number of pyridine rings is 1. The summed E-state index contributed by atoms with van der Waals surface area (Å²) >= 11 is 6.64. The largest absolute Gasteiger partial charge is 0.384 e. The van der Waals surface area contributed by atoms with Gasteiger partial charge in [0.25, 0.3) is 5.56 Å². The number of ether oxygens (including phenoxy) is 1. The van der Waals surface area contributed by atoms with Crippen molar-refractivity contribution in [3.05, 3.63) is 105 Å². The van der Waals surface area contributed by atoms with Crippen LogP contribution in [0.3, 0.4) is 0 Å². The van der Waals surface area contributed by atoms with Crippen molar-refractivity contribution in [3.8, 4) is 11.3 Å². The van der Waals surface area contributed by atoms with Crippen molar-refractivity contribution in [1.29, 1.82) is 0 Å². The number of benzene rings is 2. The molecule has 2 aromatic carbocycles. The lowest BCUT2D eigenvalue weighted by molar-refractivity contribution is -0.121. The van der Waals surface area contributed by atoms with Crippen LogP contribution in [-0.2, 0) is 22.6 Å². The van der Waals surface area contributed by atoms with Gasteiger partial charge in [0.1, 0.15) is 18.5 Å². The van der Waals surface area contributed by atoms with Gasteiger partial charge in [-0.1, -0.05) is 78.3 Å². The van der Waals surface area contributed by atoms with Gasteiger partial charge in [0.05, 0.1) is 18.3 Å². The van der Waals surface area contributed by atoms with E-state index in [9.17, 15) is 9.59 Å². The first-order chi connectivity index (χ1) is 18.4. The zero-order valence-corrected chi connectivity index (χ0v) is 21.5. The van der Waals surface area contributed by atoms with Crippen LogP contribution in [0.4, 0.5) is 11.6 Å². The molecule has 0 saturated carbocycles. The van der Waals surface area contributed by atoms with Gasteiger partial charge in [0.2, 0.25) is 5.91 Å². The summed E-state index contributed by atoms with van der Waals surface area (Å²) in [5.74, 6) is 0.118. The molecule has 1 fully saturated rings. The summed E-state index contributed by atoms with van der Waals surface area (Å²) in [6.07, 6.45) is -0.224. The molecule has 2 atom stereocenters. The number of carbonyl (C=O) groups excluding carboxylic acids is 1. The van der Waals surface area contributed by atoms with Crippen molar-refractivity contribution in [2.75, 3.05) is 17.7 Å². The van der Waals surface area contributed by atoms with Crippen molar-refractivity contribution in [2.45, 2.75) is 32.2 Å². The van der Waals surface area contributed by atoms with E-state index in [-0.39, 0.29) is 42.1 Å². The maximum Gasteiger partial charge on any atom is 0.294 e. The van der Waals surface area contributed by atoms with Crippen molar-refractivity contribution >= 4 is 29.1 Å². The zero-order chi connectivity index (χ0) is 26.6. The van der Waals surface area contributed by atoms with Gasteiger partial charge in [-0.05, 0) is 24.1 Å². The lowest BCUT2D eigenvalue weighted by Crippen LogP contribution is -2.45. The second-order valence-electron chi connectivity index (χ2n) is 9.03. The molecule has 1 aliphatic heterocycles. The summed E-state index contributed by atoms with van der Waals surface area (Å²) in [5.41, 5.74) is 8.86. The average Bonchev–Trinajstić information content (AvgIpc) is 2.89. The second-order valence-corrected chi connectivity index (χ2v) is 9.39. The van der Waals surface area contributed by atoms with E-state index in [1.165, 1.54) is 4.57 Å². The normalized spacial score (nSPS) is 16.5. The molecule has 4 N–H and O–H groups in total. The summed E-state index contributed by atoms with van der Waals surface area (Å²) in [7, 11) is 0. The van der Waals surface area contributed by atoms with E-state index in [2.05, 4.69) is 20.6 Å². The quantitative estimate of drug-likeness (QED) is 0.317. The number of halogens is 1. The molecule has 10 heteroatoms. The smallest absolute Gasteiger partial charge is 0.294 e. The second kappa shape index (κ2) is 11.0. The molecule has 4 aromatic rings. The topological polar surface area (TPSA) is 124 Å². The Labute approximate surface area is 224 Å². The molecule has 0 spiro atoms. The fourth-order valence-electron chi connectivity index (χ4n) is 4.40. The molecule has 2 unspecified atom stereocenters. The Kier molecular flexibility index (Phi) is 7.39. The van der Waals surface area contributed by atoms with E-state index in [1.807, 2.05) is 73.7 Å². The Morgan fingerprint density at radius 2 is 1.79 bits per heavy atom. The summed E-state index contributed by atoms with van der Waals surface area (Å²) in [6, 6.07) is 22.2. The molecule has 1 saturated heterocycles. The number of anilines is 2. The van der Waals surface area contributed by atoms with Gasteiger partial charge in [-0.25, -0.2) is 9.97 Å². The maximum absolute atomic E-state index is 13.7. The molecular formula is C28H27ClN6O3. The van der Waals surface area contributed by atoms with Gasteiger partial charge in [0, 0.05) is 17.8 Å². The van der Waals surface area contributed by atoms with E-state index < -0.39 is 5.56 Å². The van der Waals surface area contributed by atoms with Crippen LogP contribution in [0, 0.1) is 6.92 Å². The summed E-state index contributed by atoms with van der Waals surface area (Å²) in [6.45, 7) is 2.23. The number of carbonyl (C=O) groups is 1. The molecule has 0 radical (unpaired) electrons. The number of nitrogen functional groups attached to an aromatic ring is 1. The summed E-state index contributed by atoms with van der Waals surface area (Å²) in [4.78, 5) is 35.3. The van der Waals surface area contributed by atoms with Crippen molar-refractivity contribution in [1.82, 2.24) is 19.9 Å². The Morgan fingerprint density at radius 3 is 2.45 bits per heavy atom. The number of nitrogens with zero attached hydrogens (tertiary/aromatic N) is 3. The Hall–Kier alpha value is -4.21. The lowest BCUT2D eigenvalue weighted by atomic mass is 9.98. The van der Waals surface area contributed by atoms with E-state index in [1.54, 1.807) is 6.07 Å². The van der Waals surface area contributed by atoms with Crippen LogP contribution in [0.2, 0.25) is 5.15 Å². The molecule has 0 aliphatic carbocycles. The van der Waals surface area contributed by atoms with Gasteiger partial charge >= 0.3 is 0 Å². The minimum atomic E-state index is -0.451. The molecule has 3 heterocycles. The lowest BCUT2D eigenvalue weighted by Gasteiger charge is -2.37. The average molecular weight is 531 g/mol. The van der Waals surface area contributed by atoms with Crippen molar-refractivity contribution < 1.29 is 9.53 Å². The van der Waals surface area contributed by atoms with E-state index in [0.717, 1.165) is 16.8 Å². The molecule has 38 heavy (non-hydrogen) atoms. The SMILES string of the molecule is Cc1nc(N)ccc1CNC(=O)Cn1c(-c2ccccc2)c(Cl)nc(NC2COC2c2ccccc2)c1=O. The Balaban J connectivity index is 1.42. The number of aromatic nitrogens is 3. The van der Waals surface area contributed by atoms with Crippen LogP contribution in [0.5, 0.6) is 0 Å². The number of nitrogens with one attached hydrogen (secondary N) is 2. The minimum Gasteiger partial charge on any atom is -0.384 e. The van der Waals surface area contributed by atoms with Crippen LogP contribution >= 0.6 is 11.6 Å². The Morgan fingerprint density at radius 1 is 1.08 bits per heavy atom. The van der Waals surface area contributed by atoms with Gasteiger partial charge < -0.3 is 21.1 Å². The highest BCUT2D eigenvalue weighted by Gasteiger charge is 2.34. The van der Waals surface area contributed by atoms with E-state index >= 15 is 0 Å². The van der Waals surface area contributed by atoms with Gasteiger partial charge in [-0.3, -0.25) is 14.2 Å². The molecule has 0 bridgehead atoms. The third-order valence-corrected chi connectivity index (χ3v) is 6.70. The van der Waals surface area contributed by atoms with Crippen molar-refractivity contribution in [2.24, 2.45) is 0 Å². The van der Waals surface area contributed by atoms with Gasteiger partial charge in [0.15, 0.2) is 11.0 Å². The van der Waals surface area contributed by atoms with Gasteiger partial charge in [-0.15, -0.1) is 0 Å². The van der Waals surface area contributed by atoms with Crippen LogP contribution in [-0.4, -0.2) is 33.1 Å². The Bertz CT molecular complexity index is 1510. The first kappa shape index (κ1) is 25.4. The molecule has 1 amide bonds. The monoisotopic (exact) mass is 530 g/mol. The number of hydrogen-bond donors (Lipinski definition) is 3. The highest BCUT2D eigenvalue weighted by atomic mass is 35.5. The molecule has 5 rings (SSSR count). The zero-order valence-electron chi connectivity index (χ0n) is 20.7. The fourth-order valence-corrected chi connectivity index (χ4v) is 4.69. The molecule has 1 aliphatic rings. The van der Waals surface area contributed by atoms with E-state index in [0.29, 0.717) is 23.7 Å². The minimum absolute atomic E-state index is 0.0651.